The third kappa shape index (κ3) is 3.97. The summed E-state index contributed by atoms with van der Waals surface area (Å²) in [6.07, 6.45) is 6.32. The average molecular weight is 313 g/mol. The van der Waals surface area contributed by atoms with E-state index in [1.54, 1.807) is 12.1 Å². The first kappa shape index (κ1) is 16.7. The summed E-state index contributed by atoms with van der Waals surface area (Å²) in [7, 11) is 2.13. The average Bonchev–Trinajstić information content (AvgIpc) is 2.51. The normalized spacial score (nSPS) is 24.3. The molecule has 1 saturated carbocycles. The highest BCUT2D eigenvalue weighted by Crippen LogP contribution is 2.33. The van der Waals surface area contributed by atoms with Crippen molar-refractivity contribution in [3.63, 3.8) is 0 Å². The van der Waals surface area contributed by atoms with Crippen LogP contribution < -0.4 is 5.73 Å². The molecule has 0 aromatic heterocycles. The molecule has 1 aromatic rings. The van der Waals surface area contributed by atoms with Crippen LogP contribution >= 0.6 is 11.6 Å². The van der Waals surface area contributed by atoms with Crippen molar-refractivity contribution in [2.75, 3.05) is 13.6 Å². The second-order valence-electron chi connectivity index (χ2n) is 6.17. The first-order valence-electron chi connectivity index (χ1n) is 7.93. The highest BCUT2D eigenvalue weighted by atomic mass is 35.5. The van der Waals surface area contributed by atoms with Crippen LogP contribution in [0.1, 0.15) is 50.6 Å². The molecule has 0 bridgehead atoms. The molecule has 4 heteroatoms. The maximum atomic E-state index is 13.3. The Bertz CT molecular complexity index is 458. The van der Waals surface area contributed by atoms with Gasteiger partial charge in [0.2, 0.25) is 0 Å². The number of nitrogens with two attached hydrogens (primary N) is 1. The maximum absolute atomic E-state index is 13.3. The molecule has 0 spiro atoms. The molecule has 118 valence electrons. The molecule has 2 nitrogen and oxygen atoms in total. The van der Waals surface area contributed by atoms with Gasteiger partial charge in [-0.3, -0.25) is 4.90 Å². The lowest BCUT2D eigenvalue weighted by molar-refractivity contribution is 0.122. The number of nitrogens with zero attached hydrogens (tertiary/aromatic N) is 1. The zero-order chi connectivity index (χ0) is 15.4. The van der Waals surface area contributed by atoms with Gasteiger partial charge in [-0.2, -0.15) is 0 Å². The predicted octanol–water partition coefficient (Wildman–Crippen LogP) is 4.38. The Morgan fingerprint density at radius 2 is 2.00 bits per heavy atom. The summed E-state index contributed by atoms with van der Waals surface area (Å²) >= 11 is 5.91. The van der Waals surface area contributed by atoms with E-state index in [4.69, 9.17) is 17.3 Å². The molecular weight excluding hydrogens is 287 g/mol. The van der Waals surface area contributed by atoms with Crippen molar-refractivity contribution in [3.05, 3.63) is 34.6 Å². The summed E-state index contributed by atoms with van der Waals surface area (Å²) in [5.41, 5.74) is 6.98. The molecule has 0 amide bonds. The standard InChI is InChI=1S/C17H26ClFN2/c1-3-12-4-7-14(8-5-12)21(2)17(11-20)13-6-9-16(19)15(18)10-13/h6,9-10,12,14,17H,3-5,7-8,11,20H2,1-2H3. The number of hydrogen-bond donors (Lipinski definition) is 1. The monoisotopic (exact) mass is 312 g/mol. The molecule has 1 unspecified atom stereocenters. The molecule has 1 aromatic carbocycles. The molecule has 2 rings (SSSR count). The molecule has 21 heavy (non-hydrogen) atoms. The quantitative estimate of drug-likeness (QED) is 0.874. The third-order valence-electron chi connectivity index (χ3n) is 5.01. The van der Waals surface area contributed by atoms with Crippen molar-refractivity contribution in [1.29, 1.82) is 0 Å². The van der Waals surface area contributed by atoms with Crippen LogP contribution in [0.25, 0.3) is 0 Å². The lowest BCUT2D eigenvalue weighted by Gasteiger charge is -2.39. The number of benzene rings is 1. The highest BCUT2D eigenvalue weighted by molar-refractivity contribution is 6.30. The Labute approximate surface area is 132 Å². The van der Waals surface area contributed by atoms with Gasteiger partial charge in [0.25, 0.3) is 0 Å². The van der Waals surface area contributed by atoms with Crippen LogP contribution in [0.15, 0.2) is 18.2 Å². The van der Waals surface area contributed by atoms with Gasteiger partial charge in [0, 0.05) is 18.6 Å². The fourth-order valence-corrected chi connectivity index (χ4v) is 3.66. The van der Waals surface area contributed by atoms with Crippen LogP contribution in [0, 0.1) is 11.7 Å². The van der Waals surface area contributed by atoms with E-state index in [9.17, 15) is 4.39 Å². The van der Waals surface area contributed by atoms with E-state index in [-0.39, 0.29) is 16.9 Å². The SMILES string of the molecule is CCC1CCC(N(C)C(CN)c2ccc(F)c(Cl)c2)CC1. The first-order valence-corrected chi connectivity index (χ1v) is 8.31. The van der Waals surface area contributed by atoms with Crippen LogP contribution in [-0.2, 0) is 0 Å². The first-order chi connectivity index (χ1) is 10.1. The molecule has 1 fully saturated rings. The Morgan fingerprint density at radius 1 is 1.33 bits per heavy atom. The summed E-state index contributed by atoms with van der Waals surface area (Å²) in [5, 5.41) is 0.175. The van der Waals surface area contributed by atoms with E-state index in [0.717, 1.165) is 11.5 Å². The van der Waals surface area contributed by atoms with Gasteiger partial charge in [-0.05, 0) is 56.3 Å². The van der Waals surface area contributed by atoms with Crippen molar-refractivity contribution in [2.24, 2.45) is 11.7 Å². The molecule has 0 saturated heterocycles. The zero-order valence-electron chi connectivity index (χ0n) is 13.0. The summed E-state index contributed by atoms with van der Waals surface area (Å²) < 4.78 is 13.3. The Kier molecular flexibility index (Phi) is 6.03. The third-order valence-corrected chi connectivity index (χ3v) is 5.30. The Balaban J connectivity index is 2.08. The fraction of sp³-hybridized carbons (Fsp3) is 0.647. The molecule has 0 heterocycles. The van der Waals surface area contributed by atoms with E-state index >= 15 is 0 Å². The van der Waals surface area contributed by atoms with Crippen molar-refractivity contribution in [1.82, 2.24) is 4.90 Å². The zero-order valence-corrected chi connectivity index (χ0v) is 13.7. The summed E-state index contributed by atoms with van der Waals surface area (Å²) in [5.74, 6) is 0.508. The molecule has 0 radical (unpaired) electrons. The Hall–Kier alpha value is -0.640. The lowest BCUT2D eigenvalue weighted by Crippen LogP contribution is -2.40. The lowest BCUT2D eigenvalue weighted by atomic mass is 9.83. The number of halogens is 2. The second kappa shape index (κ2) is 7.57. The molecule has 2 N–H and O–H groups in total. The van der Waals surface area contributed by atoms with E-state index in [1.807, 2.05) is 0 Å². The van der Waals surface area contributed by atoms with Gasteiger partial charge < -0.3 is 5.73 Å². The largest absolute Gasteiger partial charge is 0.329 e. The summed E-state index contributed by atoms with van der Waals surface area (Å²) in [4.78, 5) is 2.36. The number of likely N-dealkylation sites (N-methyl/N-ethyl adjacent to an activating group) is 1. The van der Waals surface area contributed by atoms with Crippen molar-refractivity contribution in [3.8, 4) is 0 Å². The highest BCUT2D eigenvalue weighted by Gasteiger charge is 2.27. The molecule has 1 aliphatic carbocycles. The Morgan fingerprint density at radius 3 is 2.52 bits per heavy atom. The minimum absolute atomic E-state index is 0.103. The summed E-state index contributed by atoms with van der Waals surface area (Å²) in [6.45, 7) is 2.80. The minimum atomic E-state index is -0.373. The van der Waals surface area contributed by atoms with Crippen LogP contribution in [0.2, 0.25) is 5.02 Å². The maximum Gasteiger partial charge on any atom is 0.141 e. The van der Waals surface area contributed by atoms with Crippen LogP contribution in [-0.4, -0.2) is 24.5 Å². The van der Waals surface area contributed by atoms with Gasteiger partial charge >= 0.3 is 0 Å². The van der Waals surface area contributed by atoms with Gasteiger partial charge in [-0.15, -0.1) is 0 Å². The number of hydrogen-bond acceptors (Lipinski definition) is 2. The minimum Gasteiger partial charge on any atom is -0.329 e. The van der Waals surface area contributed by atoms with Gasteiger partial charge in [0.05, 0.1) is 5.02 Å². The van der Waals surface area contributed by atoms with Crippen molar-refractivity contribution >= 4 is 11.6 Å². The van der Waals surface area contributed by atoms with Crippen LogP contribution in [0.3, 0.4) is 0 Å². The number of rotatable bonds is 5. The van der Waals surface area contributed by atoms with Crippen LogP contribution in [0.4, 0.5) is 4.39 Å². The smallest absolute Gasteiger partial charge is 0.141 e. The van der Waals surface area contributed by atoms with Crippen LogP contribution in [0.5, 0.6) is 0 Å². The van der Waals surface area contributed by atoms with Gasteiger partial charge in [0.15, 0.2) is 0 Å². The molecular formula is C17H26ClFN2. The second-order valence-corrected chi connectivity index (χ2v) is 6.58. The van der Waals surface area contributed by atoms with E-state index < -0.39 is 0 Å². The van der Waals surface area contributed by atoms with Crippen molar-refractivity contribution < 1.29 is 4.39 Å². The van der Waals surface area contributed by atoms with Crippen molar-refractivity contribution in [2.45, 2.75) is 51.1 Å². The molecule has 0 aliphatic heterocycles. The predicted molar refractivity (Wildman–Crippen MR) is 87.0 cm³/mol. The van der Waals surface area contributed by atoms with E-state index in [1.165, 1.54) is 38.2 Å². The molecule has 1 aliphatic rings. The van der Waals surface area contributed by atoms with Gasteiger partial charge in [0.1, 0.15) is 5.82 Å². The van der Waals surface area contributed by atoms with Gasteiger partial charge in [-0.25, -0.2) is 4.39 Å². The molecule has 1 atom stereocenters. The van der Waals surface area contributed by atoms with E-state index in [0.29, 0.717) is 12.6 Å². The summed E-state index contributed by atoms with van der Waals surface area (Å²) in [6, 6.07) is 5.61. The van der Waals surface area contributed by atoms with E-state index in [2.05, 4.69) is 18.9 Å². The fourth-order valence-electron chi connectivity index (χ4n) is 3.47. The topological polar surface area (TPSA) is 29.3 Å². The van der Waals surface area contributed by atoms with Gasteiger partial charge in [-0.1, -0.05) is 31.0 Å².